The second-order valence-corrected chi connectivity index (χ2v) is 8.61. The van der Waals surface area contributed by atoms with Crippen LogP contribution in [0, 0.1) is 0 Å². The van der Waals surface area contributed by atoms with E-state index in [2.05, 4.69) is 11.5 Å². The molecule has 0 bridgehead atoms. The summed E-state index contributed by atoms with van der Waals surface area (Å²) in [6.45, 7) is 5.20. The number of rotatable bonds is 9. The molecule has 0 fully saturated rings. The molecule has 0 unspecified atom stereocenters. The monoisotopic (exact) mass is 404 g/mol. The lowest BCUT2D eigenvalue weighted by molar-refractivity contribution is -0.670. The molecule has 0 aliphatic heterocycles. The molecule has 8 heteroatoms. The Hall–Kier alpha value is -1.15. The lowest BCUT2D eigenvalue weighted by Gasteiger charge is -2.05. The Morgan fingerprint density at radius 3 is 2.76 bits per heavy atom. The van der Waals surface area contributed by atoms with E-state index >= 15 is 0 Å². The zero-order valence-electron chi connectivity index (χ0n) is 14.4. The highest BCUT2D eigenvalue weighted by molar-refractivity contribution is 7.85. The highest BCUT2D eigenvalue weighted by Crippen LogP contribution is 2.28. The minimum absolute atomic E-state index is 0.227. The summed E-state index contributed by atoms with van der Waals surface area (Å²) in [5.74, 6) is 0.603. The maximum absolute atomic E-state index is 10.9. The third-order valence-electron chi connectivity index (χ3n) is 3.60. The maximum Gasteiger partial charge on any atom is 0.305 e. The van der Waals surface area contributed by atoms with E-state index in [9.17, 15) is 8.42 Å². The molecule has 0 saturated heterocycles. The molecule has 2 rings (SSSR count). The molecular weight excluding hydrogens is 382 g/mol. The lowest BCUT2D eigenvalue weighted by atomic mass is 10.3. The molecule has 0 amide bonds. The number of hydrogen-bond donors (Lipinski definition) is 1. The number of unbranched alkanes of at least 4 members (excludes halogenated alkanes) is 1. The highest BCUT2D eigenvalue weighted by Gasteiger charge is 2.25. The van der Waals surface area contributed by atoms with Crippen LogP contribution < -0.4 is 4.57 Å². The van der Waals surface area contributed by atoms with Crippen LogP contribution in [0.25, 0.3) is 16.0 Å². The second kappa shape index (κ2) is 8.98. The number of aromatic nitrogens is 1. The second-order valence-electron chi connectivity index (χ2n) is 5.57. The number of allylic oxidation sites excluding steroid dienone is 1. The van der Waals surface area contributed by atoms with E-state index in [1.165, 1.54) is 0 Å². The van der Waals surface area contributed by atoms with Crippen molar-refractivity contribution in [1.82, 2.24) is 0 Å². The summed E-state index contributed by atoms with van der Waals surface area (Å²) in [6.07, 6.45) is 3.92. The maximum atomic E-state index is 10.9. The molecule has 5 nitrogen and oxygen atoms in total. The number of ether oxygens (including phenoxy) is 1. The molecule has 0 spiro atoms. The summed E-state index contributed by atoms with van der Waals surface area (Å²) in [6, 6.07) is 5.75. The summed E-state index contributed by atoms with van der Waals surface area (Å²) in [5, 5.41) is 1.65. The third-order valence-corrected chi connectivity index (χ3v) is 5.82. The topological polar surface area (TPSA) is 67.5 Å². The zero-order valence-corrected chi connectivity index (χ0v) is 16.8. The van der Waals surface area contributed by atoms with E-state index in [-0.39, 0.29) is 5.75 Å². The molecule has 0 aliphatic rings. The number of fused-ring (bicyclic) bond motifs is 1. The van der Waals surface area contributed by atoms with Crippen molar-refractivity contribution < 1.29 is 22.3 Å². The fourth-order valence-corrected chi connectivity index (χ4v) is 4.46. The van der Waals surface area contributed by atoms with Gasteiger partial charge in [0.05, 0.1) is 12.4 Å². The van der Waals surface area contributed by atoms with E-state index in [4.69, 9.17) is 20.9 Å². The number of hydrogen-bond acceptors (Lipinski definition) is 4. The van der Waals surface area contributed by atoms with Crippen LogP contribution in [-0.2, 0) is 21.4 Å². The van der Waals surface area contributed by atoms with Gasteiger partial charge in [0.15, 0.2) is 12.3 Å². The Balaban J connectivity index is 2.37. The predicted molar refractivity (Wildman–Crippen MR) is 103 cm³/mol. The Kier molecular flexibility index (Phi) is 7.25. The average molecular weight is 405 g/mol. The van der Waals surface area contributed by atoms with Crippen LogP contribution in [0.5, 0.6) is 0 Å². The van der Waals surface area contributed by atoms with Crippen LogP contribution in [0.4, 0.5) is 0 Å². The van der Waals surface area contributed by atoms with E-state index < -0.39 is 10.1 Å². The van der Waals surface area contributed by atoms with Gasteiger partial charge in [0.1, 0.15) is 4.70 Å². The fourth-order valence-electron chi connectivity index (χ4n) is 2.56. The molecule has 1 aromatic heterocycles. The zero-order chi connectivity index (χ0) is 18.4. The van der Waals surface area contributed by atoms with Crippen molar-refractivity contribution in [3.05, 3.63) is 34.3 Å². The first-order chi connectivity index (χ1) is 11.9. The van der Waals surface area contributed by atoms with Gasteiger partial charge in [-0.3, -0.25) is 4.55 Å². The van der Waals surface area contributed by atoms with Crippen molar-refractivity contribution in [2.75, 3.05) is 12.4 Å². The summed E-state index contributed by atoms with van der Waals surface area (Å²) in [4.78, 5) is 0. The summed E-state index contributed by atoms with van der Waals surface area (Å²) < 4.78 is 39.7. The summed E-state index contributed by atoms with van der Waals surface area (Å²) in [5.41, 5.74) is 1.00. The van der Waals surface area contributed by atoms with Gasteiger partial charge in [-0.1, -0.05) is 29.9 Å². The van der Waals surface area contributed by atoms with Crippen LogP contribution in [0.3, 0.4) is 0 Å². The highest BCUT2D eigenvalue weighted by atomic mass is 35.5. The molecule has 25 heavy (non-hydrogen) atoms. The number of thiazole rings is 1. The minimum Gasteiger partial charge on any atom is -0.487 e. The largest absolute Gasteiger partial charge is 0.487 e. The van der Waals surface area contributed by atoms with E-state index in [0.717, 1.165) is 27.4 Å². The average Bonchev–Trinajstić information content (AvgIpc) is 2.88. The number of aryl methyl sites for hydroxylation is 1. The quantitative estimate of drug-likeness (QED) is 0.293. The molecule has 0 aliphatic carbocycles. The summed E-state index contributed by atoms with van der Waals surface area (Å²) >= 11 is 7.78. The van der Waals surface area contributed by atoms with Gasteiger partial charge >= 0.3 is 5.01 Å². The molecule has 0 radical (unpaired) electrons. The lowest BCUT2D eigenvalue weighted by Crippen LogP contribution is -2.36. The van der Waals surface area contributed by atoms with Crippen molar-refractivity contribution in [3.63, 3.8) is 0 Å². The first kappa shape index (κ1) is 20.2. The van der Waals surface area contributed by atoms with Gasteiger partial charge in [0.25, 0.3) is 10.1 Å². The normalized spacial score (nSPS) is 12.7. The molecular formula is C17H23ClNO4S2+. The first-order valence-corrected chi connectivity index (χ1v) is 11.1. The summed E-state index contributed by atoms with van der Waals surface area (Å²) in [7, 11) is -3.92. The van der Waals surface area contributed by atoms with Gasteiger partial charge in [-0.05, 0) is 38.0 Å². The van der Waals surface area contributed by atoms with Crippen LogP contribution >= 0.6 is 22.9 Å². The SMILES string of the molecule is CCC=C(OCC)c1sc2ccc(Cl)cc2[n+]1CCCCS(=O)(=O)O. The van der Waals surface area contributed by atoms with Crippen LogP contribution in [0.1, 0.15) is 38.1 Å². The molecule has 1 heterocycles. The number of nitrogens with zero attached hydrogens (tertiary/aromatic N) is 1. The fraction of sp³-hybridized carbons (Fsp3) is 0.471. The minimum atomic E-state index is -3.92. The van der Waals surface area contributed by atoms with Gasteiger partial charge in [0, 0.05) is 17.5 Å². The molecule has 0 atom stereocenters. The van der Waals surface area contributed by atoms with Gasteiger partial charge in [0.2, 0.25) is 5.52 Å². The van der Waals surface area contributed by atoms with Crippen LogP contribution in [-0.4, -0.2) is 25.3 Å². The standard InChI is InChI=1S/C17H22ClNO4S2/c1-3-7-15(23-4-2)17-19(10-5-6-11-25(20,21)22)14-12-13(18)8-9-16(14)24-17/h7-9,12H,3-6,10-11H2,1-2H3/p+1. The Labute approximate surface area is 157 Å². The van der Waals surface area contributed by atoms with Crippen molar-refractivity contribution >= 4 is 49.0 Å². The van der Waals surface area contributed by atoms with Gasteiger partial charge in [-0.15, -0.1) is 0 Å². The van der Waals surface area contributed by atoms with Crippen molar-refractivity contribution in [1.29, 1.82) is 0 Å². The molecule has 0 saturated carbocycles. The molecule has 138 valence electrons. The molecule has 2 aromatic rings. The predicted octanol–water partition coefficient (Wildman–Crippen LogP) is 4.30. The number of halogens is 1. The molecule has 1 N–H and O–H groups in total. The Morgan fingerprint density at radius 2 is 2.12 bits per heavy atom. The van der Waals surface area contributed by atoms with E-state index in [1.54, 1.807) is 11.3 Å². The van der Waals surface area contributed by atoms with Crippen LogP contribution in [0.15, 0.2) is 24.3 Å². The van der Waals surface area contributed by atoms with Crippen molar-refractivity contribution in [2.45, 2.75) is 39.7 Å². The van der Waals surface area contributed by atoms with E-state index in [1.807, 2.05) is 31.2 Å². The van der Waals surface area contributed by atoms with Crippen molar-refractivity contribution in [2.24, 2.45) is 0 Å². The van der Waals surface area contributed by atoms with Crippen LogP contribution in [0.2, 0.25) is 5.02 Å². The van der Waals surface area contributed by atoms with Gasteiger partial charge in [-0.25, -0.2) is 0 Å². The third kappa shape index (κ3) is 5.67. The van der Waals surface area contributed by atoms with Gasteiger partial charge < -0.3 is 4.74 Å². The smallest absolute Gasteiger partial charge is 0.305 e. The Bertz CT molecular complexity index is 859. The Morgan fingerprint density at radius 1 is 1.36 bits per heavy atom. The van der Waals surface area contributed by atoms with Crippen molar-refractivity contribution in [3.8, 4) is 0 Å². The molecule has 1 aromatic carbocycles. The number of benzene rings is 1. The first-order valence-electron chi connectivity index (χ1n) is 8.26. The van der Waals surface area contributed by atoms with Gasteiger partial charge in [-0.2, -0.15) is 13.0 Å². The van der Waals surface area contributed by atoms with E-state index in [0.29, 0.717) is 31.0 Å².